The molecule has 6 heteroatoms. The lowest BCUT2D eigenvalue weighted by molar-refractivity contribution is -0.144. The van der Waals surface area contributed by atoms with Gasteiger partial charge in [-0.1, -0.05) is 24.3 Å². The van der Waals surface area contributed by atoms with Gasteiger partial charge in [0, 0.05) is 18.0 Å². The number of aromatic nitrogens is 3. The van der Waals surface area contributed by atoms with Gasteiger partial charge in [-0.25, -0.2) is 0 Å². The Kier molecular flexibility index (Phi) is 4.20. The van der Waals surface area contributed by atoms with Crippen LogP contribution >= 0.6 is 0 Å². The fourth-order valence-electron chi connectivity index (χ4n) is 1.87. The summed E-state index contributed by atoms with van der Waals surface area (Å²) >= 11 is 0. The Morgan fingerprint density at radius 3 is 2.73 bits per heavy atom. The number of carbonyl (C=O) groups excluding carboxylic acids is 1. The van der Waals surface area contributed by atoms with E-state index >= 15 is 0 Å². The summed E-state index contributed by atoms with van der Waals surface area (Å²) in [6, 6.07) is 13.0. The number of esters is 1. The number of pyridine rings is 1. The molecule has 0 amide bonds. The van der Waals surface area contributed by atoms with E-state index in [2.05, 4.69) is 15.2 Å². The minimum Gasteiger partial charge on any atom is -0.455 e. The Morgan fingerprint density at radius 2 is 1.95 bits per heavy atom. The summed E-state index contributed by atoms with van der Waals surface area (Å²) in [6.45, 7) is -0.0427. The molecule has 22 heavy (non-hydrogen) atoms. The molecule has 0 aliphatic rings. The molecule has 0 aliphatic heterocycles. The number of rotatable bonds is 5. The highest BCUT2D eigenvalue weighted by Crippen LogP contribution is 2.17. The quantitative estimate of drug-likeness (QED) is 0.673. The molecule has 0 atom stereocenters. The summed E-state index contributed by atoms with van der Waals surface area (Å²) in [5, 5.41) is 7.80. The molecule has 110 valence electrons. The van der Waals surface area contributed by atoms with Crippen LogP contribution in [0.15, 0.2) is 59.3 Å². The first-order valence-electron chi connectivity index (χ1n) is 6.73. The van der Waals surface area contributed by atoms with E-state index in [0.29, 0.717) is 5.89 Å². The first-order valence-corrected chi connectivity index (χ1v) is 6.73. The molecular weight excluding hydrogens is 282 g/mol. The van der Waals surface area contributed by atoms with Crippen LogP contribution in [0, 0.1) is 0 Å². The average Bonchev–Trinajstić information content (AvgIpc) is 3.04. The normalized spacial score (nSPS) is 10.4. The molecule has 0 fully saturated rings. The van der Waals surface area contributed by atoms with Crippen molar-refractivity contribution in [2.45, 2.75) is 13.0 Å². The molecule has 0 radical (unpaired) electrons. The molecule has 1 aromatic carbocycles. The maximum Gasteiger partial charge on any atom is 0.310 e. The molecule has 2 heterocycles. The van der Waals surface area contributed by atoms with Crippen molar-refractivity contribution in [2.75, 3.05) is 0 Å². The Bertz CT molecular complexity index is 742. The average molecular weight is 295 g/mol. The van der Waals surface area contributed by atoms with Gasteiger partial charge >= 0.3 is 5.97 Å². The van der Waals surface area contributed by atoms with Gasteiger partial charge in [-0.3, -0.25) is 9.78 Å². The van der Waals surface area contributed by atoms with E-state index in [1.54, 1.807) is 18.5 Å². The monoisotopic (exact) mass is 295 g/mol. The van der Waals surface area contributed by atoms with Crippen molar-refractivity contribution in [3.8, 4) is 11.5 Å². The highest BCUT2D eigenvalue weighted by molar-refractivity contribution is 5.72. The zero-order valence-electron chi connectivity index (χ0n) is 11.7. The molecule has 0 aliphatic carbocycles. The number of carbonyl (C=O) groups is 1. The van der Waals surface area contributed by atoms with Gasteiger partial charge in [0.2, 0.25) is 5.89 Å². The summed E-state index contributed by atoms with van der Waals surface area (Å²) in [5.41, 5.74) is 1.62. The van der Waals surface area contributed by atoms with Crippen LogP contribution in [0.25, 0.3) is 11.5 Å². The number of nitrogens with zero attached hydrogens (tertiary/aromatic N) is 3. The van der Waals surface area contributed by atoms with Crippen LogP contribution in [-0.2, 0) is 22.6 Å². The van der Waals surface area contributed by atoms with Crippen molar-refractivity contribution in [3.63, 3.8) is 0 Å². The molecule has 6 nitrogen and oxygen atoms in total. The largest absolute Gasteiger partial charge is 0.455 e. The standard InChI is InChI=1S/C16H13N3O3/c20-15(9-12-5-4-8-17-10-12)21-11-14-18-19-16(22-14)13-6-2-1-3-7-13/h1-8,10H,9,11H2. The zero-order valence-corrected chi connectivity index (χ0v) is 11.7. The maximum absolute atomic E-state index is 11.7. The van der Waals surface area contributed by atoms with Crippen molar-refractivity contribution in [1.29, 1.82) is 0 Å². The van der Waals surface area contributed by atoms with Crippen LogP contribution < -0.4 is 0 Å². The summed E-state index contributed by atoms with van der Waals surface area (Å²) in [7, 11) is 0. The Labute approximate surface area is 126 Å². The molecule has 2 aromatic heterocycles. The van der Waals surface area contributed by atoms with Crippen molar-refractivity contribution in [3.05, 3.63) is 66.3 Å². The van der Waals surface area contributed by atoms with E-state index < -0.39 is 0 Å². The number of benzene rings is 1. The summed E-state index contributed by atoms with van der Waals surface area (Å²) in [6.07, 6.45) is 3.44. The van der Waals surface area contributed by atoms with E-state index in [1.165, 1.54) is 0 Å². The number of hydrogen-bond acceptors (Lipinski definition) is 6. The highest BCUT2D eigenvalue weighted by atomic mass is 16.5. The lowest BCUT2D eigenvalue weighted by Crippen LogP contribution is -2.08. The minimum absolute atomic E-state index is 0.0427. The molecule has 0 bridgehead atoms. The predicted octanol–water partition coefficient (Wildman–Crippen LogP) is 2.42. The second kappa shape index (κ2) is 6.62. The van der Waals surface area contributed by atoms with Gasteiger partial charge < -0.3 is 9.15 Å². The van der Waals surface area contributed by atoms with E-state index in [9.17, 15) is 4.79 Å². The van der Waals surface area contributed by atoms with Crippen LogP contribution in [-0.4, -0.2) is 21.2 Å². The molecule has 0 spiro atoms. The van der Waals surface area contributed by atoms with E-state index in [1.807, 2.05) is 36.4 Å². The van der Waals surface area contributed by atoms with E-state index in [0.717, 1.165) is 11.1 Å². The van der Waals surface area contributed by atoms with Gasteiger partial charge in [0.15, 0.2) is 6.61 Å². The number of ether oxygens (including phenoxy) is 1. The fourth-order valence-corrected chi connectivity index (χ4v) is 1.87. The predicted molar refractivity (Wildman–Crippen MR) is 77.5 cm³/mol. The summed E-state index contributed by atoms with van der Waals surface area (Å²) in [4.78, 5) is 15.7. The van der Waals surface area contributed by atoms with E-state index in [4.69, 9.17) is 9.15 Å². The third-order valence-corrected chi connectivity index (χ3v) is 2.92. The molecular formula is C16H13N3O3. The smallest absolute Gasteiger partial charge is 0.310 e. The molecule has 3 aromatic rings. The van der Waals surface area contributed by atoms with Gasteiger partial charge in [0.1, 0.15) is 0 Å². The van der Waals surface area contributed by atoms with Crippen LogP contribution in [0.4, 0.5) is 0 Å². The van der Waals surface area contributed by atoms with Crippen molar-refractivity contribution in [2.24, 2.45) is 0 Å². The minimum atomic E-state index is -0.368. The fraction of sp³-hybridized carbons (Fsp3) is 0.125. The van der Waals surface area contributed by atoms with Crippen molar-refractivity contribution < 1.29 is 13.9 Å². The molecule has 3 rings (SSSR count). The number of hydrogen-bond donors (Lipinski definition) is 0. The SMILES string of the molecule is O=C(Cc1cccnc1)OCc1nnc(-c2ccccc2)o1. The van der Waals surface area contributed by atoms with Crippen LogP contribution in [0.3, 0.4) is 0 Å². The third kappa shape index (κ3) is 3.54. The van der Waals surface area contributed by atoms with Crippen LogP contribution in [0.1, 0.15) is 11.5 Å². The van der Waals surface area contributed by atoms with Gasteiger partial charge in [-0.05, 0) is 23.8 Å². The first-order chi connectivity index (χ1) is 10.8. The topological polar surface area (TPSA) is 78.1 Å². The lowest BCUT2D eigenvalue weighted by Gasteiger charge is -2.01. The first kappa shape index (κ1) is 13.9. The third-order valence-electron chi connectivity index (χ3n) is 2.92. The zero-order chi connectivity index (χ0) is 15.2. The van der Waals surface area contributed by atoms with Gasteiger partial charge in [0.25, 0.3) is 5.89 Å². The summed E-state index contributed by atoms with van der Waals surface area (Å²) < 4.78 is 10.6. The van der Waals surface area contributed by atoms with Crippen LogP contribution in [0.2, 0.25) is 0 Å². The molecule has 0 saturated carbocycles. The van der Waals surface area contributed by atoms with Gasteiger partial charge in [-0.15, -0.1) is 10.2 Å². The van der Waals surface area contributed by atoms with Crippen molar-refractivity contribution in [1.82, 2.24) is 15.2 Å². The second-order valence-electron chi connectivity index (χ2n) is 4.57. The van der Waals surface area contributed by atoms with Crippen molar-refractivity contribution >= 4 is 5.97 Å². The van der Waals surface area contributed by atoms with Crippen LogP contribution in [0.5, 0.6) is 0 Å². The molecule has 0 N–H and O–H groups in total. The maximum atomic E-state index is 11.7. The molecule has 0 saturated heterocycles. The Balaban J connectivity index is 1.56. The Hall–Kier alpha value is -3.02. The lowest BCUT2D eigenvalue weighted by atomic mass is 10.2. The summed E-state index contributed by atoms with van der Waals surface area (Å²) in [5.74, 6) is 0.296. The highest BCUT2D eigenvalue weighted by Gasteiger charge is 2.11. The van der Waals surface area contributed by atoms with E-state index in [-0.39, 0.29) is 24.9 Å². The van der Waals surface area contributed by atoms with Gasteiger partial charge in [0.05, 0.1) is 6.42 Å². The molecule has 0 unspecified atom stereocenters. The van der Waals surface area contributed by atoms with Gasteiger partial charge in [-0.2, -0.15) is 0 Å². The second-order valence-corrected chi connectivity index (χ2v) is 4.57. The Morgan fingerprint density at radius 1 is 1.09 bits per heavy atom.